The molecule has 0 aliphatic carbocycles. The summed E-state index contributed by atoms with van der Waals surface area (Å²) in [5.41, 5.74) is 2.82. The SMILES string of the molecule is CNCc1cc2ccccc2n1Cc1cccc(Cl)c1F. The molecule has 4 heteroatoms. The summed E-state index contributed by atoms with van der Waals surface area (Å²) in [6.45, 7) is 1.20. The lowest BCUT2D eigenvalue weighted by Crippen LogP contribution is -2.12. The standard InChI is InChI=1S/C17H16ClFN2/c1-20-10-14-9-12-5-2-3-8-16(12)21(14)11-13-6-4-7-15(18)17(13)19/h2-9,20H,10-11H2,1H3. The molecule has 21 heavy (non-hydrogen) atoms. The first-order valence-corrected chi connectivity index (χ1v) is 7.23. The van der Waals surface area contributed by atoms with Gasteiger partial charge in [-0.2, -0.15) is 0 Å². The average Bonchev–Trinajstić information content (AvgIpc) is 2.82. The van der Waals surface area contributed by atoms with Crippen molar-refractivity contribution in [2.24, 2.45) is 0 Å². The van der Waals surface area contributed by atoms with Crippen molar-refractivity contribution in [1.29, 1.82) is 0 Å². The van der Waals surface area contributed by atoms with Gasteiger partial charge in [0, 0.05) is 23.3 Å². The average molecular weight is 303 g/mol. The van der Waals surface area contributed by atoms with Gasteiger partial charge in [-0.05, 0) is 30.6 Å². The van der Waals surface area contributed by atoms with E-state index in [0.29, 0.717) is 12.1 Å². The smallest absolute Gasteiger partial charge is 0.146 e. The second kappa shape index (κ2) is 5.88. The summed E-state index contributed by atoms with van der Waals surface area (Å²) in [5, 5.41) is 4.48. The largest absolute Gasteiger partial charge is 0.339 e. The number of halogens is 2. The van der Waals surface area contributed by atoms with Crippen LogP contribution in [-0.4, -0.2) is 11.6 Å². The third-order valence-electron chi connectivity index (χ3n) is 3.61. The molecule has 3 rings (SSSR count). The van der Waals surface area contributed by atoms with E-state index in [1.807, 2.05) is 19.2 Å². The molecule has 2 aromatic carbocycles. The minimum Gasteiger partial charge on any atom is -0.339 e. The summed E-state index contributed by atoms with van der Waals surface area (Å²) >= 11 is 5.88. The zero-order valence-electron chi connectivity index (χ0n) is 11.7. The van der Waals surface area contributed by atoms with Gasteiger partial charge < -0.3 is 9.88 Å². The zero-order chi connectivity index (χ0) is 14.8. The zero-order valence-corrected chi connectivity index (χ0v) is 12.5. The molecular formula is C17H16ClFN2. The summed E-state index contributed by atoms with van der Waals surface area (Å²) in [6, 6.07) is 15.4. The Kier molecular flexibility index (Phi) is 3.95. The quantitative estimate of drug-likeness (QED) is 0.764. The van der Waals surface area contributed by atoms with Crippen molar-refractivity contribution in [2.45, 2.75) is 13.1 Å². The molecule has 1 heterocycles. The van der Waals surface area contributed by atoms with Crippen molar-refractivity contribution in [2.75, 3.05) is 7.05 Å². The number of hydrogen-bond acceptors (Lipinski definition) is 1. The first kappa shape index (κ1) is 14.1. The van der Waals surface area contributed by atoms with Gasteiger partial charge in [-0.25, -0.2) is 4.39 Å². The first-order chi connectivity index (χ1) is 10.2. The highest BCUT2D eigenvalue weighted by molar-refractivity contribution is 6.30. The lowest BCUT2D eigenvalue weighted by Gasteiger charge is -2.12. The van der Waals surface area contributed by atoms with Crippen LogP contribution < -0.4 is 5.32 Å². The van der Waals surface area contributed by atoms with E-state index in [0.717, 1.165) is 23.1 Å². The highest BCUT2D eigenvalue weighted by atomic mass is 35.5. The van der Waals surface area contributed by atoms with Gasteiger partial charge in [0.25, 0.3) is 0 Å². The molecule has 0 aliphatic heterocycles. The lowest BCUT2D eigenvalue weighted by atomic mass is 10.2. The second-order valence-electron chi connectivity index (χ2n) is 5.02. The van der Waals surface area contributed by atoms with Gasteiger partial charge >= 0.3 is 0 Å². The lowest BCUT2D eigenvalue weighted by molar-refractivity contribution is 0.597. The van der Waals surface area contributed by atoms with Gasteiger partial charge in [0.2, 0.25) is 0 Å². The van der Waals surface area contributed by atoms with Crippen molar-refractivity contribution in [3.8, 4) is 0 Å². The van der Waals surface area contributed by atoms with Crippen LogP contribution in [-0.2, 0) is 13.1 Å². The Morgan fingerprint density at radius 2 is 1.95 bits per heavy atom. The molecule has 108 valence electrons. The third-order valence-corrected chi connectivity index (χ3v) is 3.91. The summed E-state index contributed by atoms with van der Waals surface area (Å²) in [6.07, 6.45) is 0. The third kappa shape index (κ3) is 2.67. The van der Waals surface area contributed by atoms with Gasteiger partial charge in [0.05, 0.1) is 11.6 Å². The number of rotatable bonds is 4. The molecule has 0 aliphatic rings. The van der Waals surface area contributed by atoms with Crippen LogP contribution >= 0.6 is 11.6 Å². The van der Waals surface area contributed by atoms with E-state index in [9.17, 15) is 4.39 Å². The molecule has 0 bridgehead atoms. The number of nitrogens with one attached hydrogen (secondary N) is 1. The molecule has 0 unspecified atom stereocenters. The minimum absolute atomic E-state index is 0.166. The molecule has 0 spiro atoms. The van der Waals surface area contributed by atoms with Gasteiger partial charge in [-0.1, -0.05) is 41.9 Å². The maximum atomic E-state index is 14.2. The van der Waals surface area contributed by atoms with E-state index < -0.39 is 0 Å². The van der Waals surface area contributed by atoms with Gasteiger partial charge in [-0.3, -0.25) is 0 Å². The predicted octanol–water partition coefficient (Wildman–Crippen LogP) is 4.20. The van der Waals surface area contributed by atoms with Gasteiger partial charge in [0.15, 0.2) is 0 Å². The number of hydrogen-bond donors (Lipinski definition) is 1. The van der Waals surface area contributed by atoms with Crippen molar-refractivity contribution < 1.29 is 4.39 Å². The Hall–Kier alpha value is -1.84. The van der Waals surface area contributed by atoms with E-state index in [1.54, 1.807) is 18.2 Å². The summed E-state index contributed by atoms with van der Waals surface area (Å²) in [7, 11) is 1.90. The summed E-state index contributed by atoms with van der Waals surface area (Å²) < 4.78 is 16.3. The Balaban J connectivity index is 2.10. The summed E-state index contributed by atoms with van der Waals surface area (Å²) in [5.74, 6) is -0.340. The highest BCUT2D eigenvalue weighted by Crippen LogP contribution is 2.24. The van der Waals surface area contributed by atoms with E-state index >= 15 is 0 Å². The van der Waals surface area contributed by atoms with Crippen LogP contribution in [0.5, 0.6) is 0 Å². The molecule has 0 saturated carbocycles. The van der Waals surface area contributed by atoms with E-state index in [4.69, 9.17) is 11.6 Å². The van der Waals surface area contributed by atoms with Crippen molar-refractivity contribution in [1.82, 2.24) is 9.88 Å². The number of aromatic nitrogens is 1. The van der Waals surface area contributed by atoms with Crippen LogP contribution in [0.3, 0.4) is 0 Å². The van der Waals surface area contributed by atoms with Crippen LogP contribution in [0, 0.1) is 5.82 Å². The number of benzene rings is 2. The summed E-state index contributed by atoms with van der Waals surface area (Å²) in [4.78, 5) is 0. The van der Waals surface area contributed by atoms with Crippen LogP contribution in [0.1, 0.15) is 11.3 Å². The second-order valence-corrected chi connectivity index (χ2v) is 5.43. The molecule has 2 nitrogen and oxygen atoms in total. The fourth-order valence-corrected chi connectivity index (χ4v) is 2.82. The van der Waals surface area contributed by atoms with Gasteiger partial charge in [0.1, 0.15) is 5.82 Å². The molecule has 0 atom stereocenters. The monoisotopic (exact) mass is 302 g/mol. The van der Waals surface area contributed by atoms with Crippen LogP contribution in [0.2, 0.25) is 5.02 Å². The first-order valence-electron chi connectivity index (χ1n) is 6.85. The van der Waals surface area contributed by atoms with Gasteiger partial charge in [-0.15, -0.1) is 0 Å². The van der Waals surface area contributed by atoms with E-state index in [2.05, 4.69) is 28.1 Å². The van der Waals surface area contributed by atoms with Crippen molar-refractivity contribution in [3.05, 3.63) is 70.6 Å². The Labute approximate surface area is 128 Å². The number of para-hydroxylation sites is 1. The van der Waals surface area contributed by atoms with Crippen LogP contribution in [0.4, 0.5) is 4.39 Å². The van der Waals surface area contributed by atoms with Crippen LogP contribution in [0.15, 0.2) is 48.5 Å². The topological polar surface area (TPSA) is 17.0 Å². The predicted molar refractivity (Wildman–Crippen MR) is 85.2 cm³/mol. The molecule has 0 amide bonds. The Bertz CT molecular complexity index is 780. The molecule has 0 fully saturated rings. The number of fused-ring (bicyclic) bond motifs is 1. The van der Waals surface area contributed by atoms with E-state index in [1.165, 1.54) is 0 Å². The molecule has 0 radical (unpaired) electrons. The van der Waals surface area contributed by atoms with Crippen molar-refractivity contribution in [3.63, 3.8) is 0 Å². The van der Waals surface area contributed by atoms with E-state index in [-0.39, 0.29) is 10.8 Å². The maximum absolute atomic E-state index is 14.2. The Morgan fingerprint density at radius 1 is 1.14 bits per heavy atom. The van der Waals surface area contributed by atoms with Crippen LogP contribution in [0.25, 0.3) is 10.9 Å². The maximum Gasteiger partial charge on any atom is 0.146 e. The fraction of sp³-hybridized carbons (Fsp3) is 0.176. The highest BCUT2D eigenvalue weighted by Gasteiger charge is 2.12. The molecule has 0 saturated heterocycles. The number of nitrogens with zero attached hydrogens (tertiary/aromatic N) is 1. The van der Waals surface area contributed by atoms with Crippen molar-refractivity contribution >= 4 is 22.5 Å². The Morgan fingerprint density at radius 3 is 2.76 bits per heavy atom. The minimum atomic E-state index is -0.340. The molecule has 3 aromatic rings. The fourth-order valence-electron chi connectivity index (χ4n) is 2.62. The molecule has 1 N–H and O–H groups in total. The molecular weight excluding hydrogens is 287 g/mol. The molecule has 1 aromatic heterocycles. The normalized spacial score (nSPS) is 11.2.